The van der Waals surface area contributed by atoms with Gasteiger partial charge in [0.1, 0.15) is 12.3 Å². The van der Waals surface area contributed by atoms with Crippen molar-refractivity contribution >= 4 is 28.1 Å². The smallest absolute Gasteiger partial charge is 0.279 e. The van der Waals surface area contributed by atoms with Crippen LogP contribution in [0, 0.1) is 10.1 Å². The summed E-state index contributed by atoms with van der Waals surface area (Å²) in [7, 11) is 3.35. The van der Waals surface area contributed by atoms with Crippen molar-refractivity contribution in [2.75, 3.05) is 26.0 Å². The van der Waals surface area contributed by atoms with E-state index >= 15 is 0 Å². The molecule has 3 rings (SSSR count). The van der Waals surface area contributed by atoms with Crippen LogP contribution in [0.5, 0.6) is 5.75 Å². The van der Waals surface area contributed by atoms with Gasteiger partial charge in [-0.3, -0.25) is 14.9 Å². The number of hydrogen-bond donors (Lipinski definition) is 2. The van der Waals surface area contributed by atoms with E-state index in [9.17, 15) is 14.9 Å². The van der Waals surface area contributed by atoms with Crippen LogP contribution in [0.3, 0.4) is 0 Å². The SMILES string of the molecule is COc1cc([N+](=O)[O-])ccc1NC(=O)C[NH+](C)Cc1ccc2ccccc2c1. The maximum absolute atomic E-state index is 12.4. The molecule has 0 heterocycles. The number of ether oxygens (including phenoxy) is 1. The lowest BCUT2D eigenvalue weighted by molar-refractivity contribution is -0.885. The molecule has 0 bridgehead atoms. The van der Waals surface area contributed by atoms with E-state index in [1.165, 1.54) is 36.1 Å². The van der Waals surface area contributed by atoms with Gasteiger partial charge in [0.15, 0.2) is 6.54 Å². The molecule has 0 fully saturated rings. The number of quaternary nitrogens is 1. The summed E-state index contributed by atoms with van der Waals surface area (Å²) in [5.41, 5.74) is 1.47. The Morgan fingerprint density at radius 2 is 1.86 bits per heavy atom. The molecule has 0 aliphatic carbocycles. The van der Waals surface area contributed by atoms with Gasteiger partial charge in [-0.25, -0.2) is 0 Å². The first kappa shape index (κ1) is 19.3. The molecule has 3 aromatic carbocycles. The summed E-state index contributed by atoms with van der Waals surface area (Å²) in [4.78, 5) is 23.8. The summed E-state index contributed by atoms with van der Waals surface area (Å²) in [6.45, 7) is 0.961. The van der Waals surface area contributed by atoms with Gasteiger partial charge in [-0.05, 0) is 22.9 Å². The Balaban J connectivity index is 1.63. The maximum atomic E-state index is 12.4. The van der Waals surface area contributed by atoms with Crippen LogP contribution in [0.4, 0.5) is 11.4 Å². The van der Waals surface area contributed by atoms with Gasteiger partial charge >= 0.3 is 0 Å². The second-order valence-electron chi connectivity index (χ2n) is 6.68. The van der Waals surface area contributed by atoms with Gasteiger partial charge in [-0.2, -0.15) is 0 Å². The zero-order valence-electron chi connectivity index (χ0n) is 15.8. The van der Waals surface area contributed by atoms with Gasteiger partial charge in [0.05, 0.1) is 30.8 Å². The topological polar surface area (TPSA) is 85.9 Å². The molecule has 28 heavy (non-hydrogen) atoms. The standard InChI is InChI=1S/C21H21N3O4/c1-23(13-15-7-8-16-5-3-4-6-17(16)11-15)14-21(25)22-19-10-9-18(24(26)27)12-20(19)28-2/h3-12H,13-14H2,1-2H3,(H,22,25)/p+1. The predicted molar refractivity (Wildman–Crippen MR) is 108 cm³/mol. The fourth-order valence-electron chi connectivity index (χ4n) is 3.12. The minimum atomic E-state index is -0.504. The number of carbonyl (C=O) groups excluding carboxylic acids is 1. The number of nitro benzene ring substituents is 1. The summed E-state index contributed by atoms with van der Waals surface area (Å²) < 4.78 is 5.15. The van der Waals surface area contributed by atoms with Crippen LogP contribution >= 0.6 is 0 Å². The molecule has 1 amide bonds. The summed E-state index contributed by atoms with van der Waals surface area (Å²) in [5.74, 6) is 0.0696. The normalized spacial score (nSPS) is 11.8. The second kappa shape index (κ2) is 8.49. The number of nitro groups is 1. The molecule has 0 spiro atoms. The number of anilines is 1. The van der Waals surface area contributed by atoms with Gasteiger partial charge in [0.2, 0.25) is 0 Å². The van der Waals surface area contributed by atoms with Gasteiger partial charge in [-0.15, -0.1) is 0 Å². The molecule has 7 heteroatoms. The highest BCUT2D eigenvalue weighted by atomic mass is 16.6. The number of nitrogens with one attached hydrogen (secondary N) is 2. The number of rotatable bonds is 7. The average Bonchev–Trinajstić information content (AvgIpc) is 2.67. The first-order valence-corrected chi connectivity index (χ1v) is 8.87. The van der Waals surface area contributed by atoms with Crippen LogP contribution in [0.25, 0.3) is 10.8 Å². The van der Waals surface area contributed by atoms with Gasteiger partial charge < -0.3 is 15.0 Å². The zero-order valence-corrected chi connectivity index (χ0v) is 15.8. The Morgan fingerprint density at radius 1 is 1.11 bits per heavy atom. The fraction of sp³-hybridized carbons (Fsp3) is 0.190. The van der Waals surface area contributed by atoms with E-state index < -0.39 is 4.92 Å². The van der Waals surface area contributed by atoms with Crippen LogP contribution in [0.15, 0.2) is 60.7 Å². The number of likely N-dealkylation sites (N-methyl/N-ethyl adjacent to an activating group) is 1. The third-order valence-electron chi connectivity index (χ3n) is 4.45. The first-order chi connectivity index (χ1) is 13.5. The first-order valence-electron chi connectivity index (χ1n) is 8.87. The van der Waals surface area contributed by atoms with Crippen LogP contribution in [0.1, 0.15) is 5.56 Å². The quantitative estimate of drug-likeness (QED) is 0.487. The number of nitrogens with zero attached hydrogens (tertiary/aromatic N) is 1. The molecule has 0 radical (unpaired) electrons. The van der Waals surface area contributed by atoms with Crippen LogP contribution in [-0.4, -0.2) is 31.5 Å². The predicted octanol–water partition coefficient (Wildman–Crippen LogP) is 2.41. The molecule has 0 aromatic heterocycles. The maximum Gasteiger partial charge on any atom is 0.279 e. The van der Waals surface area contributed by atoms with E-state index in [-0.39, 0.29) is 23.9 Å². The fourth-order valence-corrected chi connectivity index (χ4v) is 3.12. The van der Waals surface area contributed by atoms with E-state index in [4.69, 9.17) is 4.74 Å². The second-order valence-corrected chi connectivity index (χ2v) is 6.68. The molecule has 1 atom stereocenters. The third-order valence-corrected chi connectivity index (χ3v) is 4.45. The van der Waals surface area contributed by atoms with E-state index in [0.29, 0.717) is 12.2 Å². The van der Waals surface area contributed by atoms with Crippen LogP contribution < -0.4 is 15.0 Å². The van der Waals surface area contributed by atoms with Crippen molar-refractivity contribution in [3.05, 3.63) is 76.3 Å². The Hall–Kier alpha value is -3.45. The Bertz CT molecular complexity index is 1020. The number of non-ortho nitro benzene ring substituents is 1. The highest BCUT2D eigenvalue weighted by Gasteiger charge is 2.16. The van der Waals surface area contributed by atoms with Gasteiger partial charge in [-0.1, -0.05) is 36.4 Å². The molecular formula is C21H22N3O4+. The molecule has 7 nitrogen and oxygen atoms in total. The Kier molecular flexibility index (Phi) is 5.86. The number of amides is 1. The number of methoxy groups -OCH3 is 1. The lowest BCUT2D eigenvalue weighted by Crippen LogP contribution is -3.08. The molecule has 0 saturated carbocycles. The van der Waals surface area contributed by atoms with Crippen molar-refractivity contribution in [2.24, 2.45) is 0 Å². The van der Waals surface area contributed by atoms with Gasteiger partial charge in [0.25, 0.3) is 11.6 Å². The van der Waals surface area contributed by atoms with Crippen LogP contribution in [-0.2, 0) is 11.3 Å². The van der Waals surface area contributed by atoms with Crippen molar-refractivity contribution < 1.29 is 19.4 Å². The van der Waals surface area contributed by atoms with Gasteiger partial charge in [0, 0.05) is 11.6 Å². The summed E-state index contributed by atoms with van der Waals surface area (Å²) in [5, 5.41) is 16.0. The lowest BCUT2D eigenvalue weighted by atomic mass is 10.1. The summed E-state index contributed by atoms with van der Waals surface area (Å²) in [6, 6.07) is 18.6. The molecule has 1 unspecified atom stereocenters. The van der Waals surface area contributed by atoms with E-state index in [1.807, 2.05) is 19.2 Å². The average molecular weight is 380 g/mol. The molecule has 0 saturated heterocycles. The third kappa shape index (κ3) is 4.63. The number of hydrogen-bond acceptors (Lipinski definition) is 4. The van der Waals surface area contributed by atoms with Crippen molar-refractivity contribution in [1.29, 1.82) is 0 Å². The Morgan fingerprint density at radius 3 is 2.57 bits per heavy atom. The summed E-state index contributed by atoms with van der Waals surface area (Å²) >= 11 is 0. The molecule has 0 aliphatic heterocycles. The zero-order chi connectivity index (χ0) is 20.1. The highest BCUT2D eigenvalue weighted by molar-refractivity contribution is 5.93. The summed E-state index contributed by atoms with van der Waals surface area (Å²) in [6.07, 6.45) is 0. The minimum Gasteiger partial charge on any atom is -0.494 e. The van der Waals surface area contributed by atoms with Crippen molar-refractivity contribution in [3.8, 4) is 5.75 Å². The van der Waals surface area contributed by atoms with E-state index in [0.717, 1.165) is 10.5 Å². The number of carbonyl (C=O) groups is 1. The number of fused-ring (bicyclic) bond motifs is 1. The van der Waals surface area contributed by atoms with E-state index in [2.05, 4.69) is 35.6 Å². The minimum absolute atomic E-state index is 0.0890. The lowest BCUT2D eigenvalue weighted by Gasteiger charge is -2.15. The van der Waals surface area contributed by atoms with Crippen LogP contribution in [0.2, 0.25) is 0 Å². The highest BCUT2D eigenvalue weighted by Crippen LogP contribution is 2.28. The molecule has 2 N–H and O–H groups in total. The van der Waals surface area contributed by atoms with E-state index in [1.54, 1.807) is 0 Å². The molecule has 3 aromatic rings. The van der Waals surface area contributed by atoms with Crippen molar-refractivity contribution in [2.45, 2.75) is 6.54 Å². The largest absolute Gasteiger partial charge is 0.494 e. The molecule has 144 valence electrons. The Labute approximate surface area is 162 Å². The molecular weight excluding hydrogens is 358 g/mol. The monoisotopic (exact) mass is 380 g/mol. The van der Waals surface area contributed by atoms with Crippen molar-refractivity contribution in [1.82, 2.24) is 0 Å². The number of benzene rings is 3. The van der Waals surface area contributed by atoms with Crippen molar-refractivity contribution in [3.63, 3.8) is 0 Å². The molecule has 0 aliphatic rings.